The molecule has 1 saturated heterocycles. The summed E-state index contributed by atoms with van der Waals surface area (Å²) in [4.78, 5) is 2.00. The Hall–Kier alpha value is -0.350. The zero-order chi connectivity index (χ0) is 11.7. The number of hydrogen-bond donors (Lipinski definition) is 2. The van der Waals surface area contributed by atoms with Crippen molar-refractivity contribution in [3.05, 3.63) is 21.1 Å². The Kier molecular flexibility index (Phi) is 3.70. The summed E-state index contributed by atoms with van der Waals surface area (Å²) in [6.45, 7) is 3.28. The second-order valence-electron chi connectivity index (χ2n) is 3.59. The van der Waals surface area contributed by atoms with Crippen LogP contribution in [-0.4, -0.2) is 31.3 Å². The summed E-state index contributed by atoms with van der Waals surface area (Å²) in [7, 11) is 0. The van der Waals surface area contributed by atoms with Gasteiger partial charge in [0.25, 0.3) is 0 Å². The number of nitrogens with zero attached hydrogens (tertiary/aromatic N) is 1. The Morgan fingerprint density at radius 2 is 1.75 bits per heavy atom. The number of aromatic hydroxyl groups is 1. The van der Waals surface area contributed by atoms with E-state index < -0.39 is 0 Å². The molecule has 1 heterocycles. The summed E-state index contributed by atoms with van der Waals surface area (Å²) in [6.07, 6.45) is 0. The highest BCUT2D eigenvalue weighted by Crippen LogP contribution is 2.43. The predicted octanol–water partition coefficient (Wildman–Crippen LogP) is 2.76. The SMILES string of the molecule is Oc1cc(Cl)c(Cl)c(Cl)c1N1CCNCC1. The average Bonchev–Trinajstić information content (AvgIpc) is 2.28. The van der Waals surface area contributed by atoms with Gasteiger partial charge in [0, 0.05) is 32.2 Å². The van der Waals surface area contributed by atoms with Crippen LogP contribution in [0.1, 0.15) is 0 Å². The van der Waals surface area contributed by atoms with Crippen LogP contribution < -0.4 is 10.2 Å². The lowest BCUT2D eigenvalue weighted by atomic mass is 10.2. The molecule has 0 atom stereocenters. The van der Waals surface area contributed by atoms with Crippen LogP contribution in [0.2, 0.25) is 15.1 Å². The maximum absolute atomic E-state index is 9.86. The van der Waals surface area contributed by atoms with E-state index in [9.17, 15) is 5.11 Å². The molecule has 0 radical (unpaired) electrons. The maximum atomic E-state index is 9.86. The van der Waals surface area contributed by atoms with Gasteiger partial charge in [0.05, 0.1) is 20.8 Å². The van der Waals surface area contributed by atoms with E-state index in [0.717, 1.165) is 26.2 Å². The van der Waals surface area contributed by atoms with E-state index in [0.29, 0.717) is 10.7 Å². The maximum Gasteiger partial charge on any atom is 0.142 e. The van der Waals surface area contributed by atoms with E-state index in [4.69, 9.17) is 34.8 Å². The first-order chi connectivity index (χ1) is 7.61. The lowest BCUT2D eigenvalue weighted by molar-refractivity contribution is 0.470. The zero-order valence-electron chi connectivity index (χ0n) is 8.43. The van der Waals surface area contributed by atoms with Crippen molar-refractivity contribution in [2.45, 2.75) is 0 Å². The summed E-state index contributed by atoms with van der Waals surface area (Å²) in [5, 5.41) is 14.0. The van der Waals surface area contributed by atoms with Gasteiger partial charge in [-0.25, -0.2) is 0 Å². The number of halogens is 3. The number of rotatable bonds is 1. The molecule has 2 N–H and O–H groups in total. The molecule has 0 saturated carbocycles. The molecule has 6 heteroatoms. The van der Waals surface area contributed by atoms with Gasteiger partial charge < -0.3 is 15.3 Å². The minimum atomic E-state index is 0.0706. The van der Waals surface area contributed by atoms with Gasteiger partial charge in [-0.2, -0.15) is 0 Å². The fourth-order valence-corrected chi connectivity index (χ4v) is 2.47. The molecule has 16 heavy (non-hydrogen) atoms. The second-order valence-corrected chi connectivity index (χ2v) is 4.75. The molecule has 0 unspecified atom stereocenters. The highest BCUT2D eigenvalue weighted by atomic mass is 35.5. The van der Waals surface area contributed by atoms with E-state index in [1.54, 1.807) is 0 Å². The van der Waals surface area contributed by atoms with E-state index in [1.807, 2.05) is 4.90 Å². The first-order valence-electron chi connectivity index (χ1n) is 4.93. The van der Waals surface area contributed by atoms with Crippen molar-refractivity contribution in [2.75, 3.05) is 31.1 Å². The Bertz CT molecular complexity index is 406. The van der Waals surface area contributed by atoms with Crippen molar-refractivity contribution in [3.63, 3.8) is 0 Å². The fraction of sp³-hybridized carbons (Fsp3) is 0.400. The molecule has 1 aromatic rings. The van der Waals surface area contributed by atoms with E-state index in [2.05, 4.69) is 5.32 Å². The third kappa shape index (κ3) is 2.18. The summed E-state index contributed by atoms with van der Waals surface area (Å²) in [6, 6.07) is 1.42. The molecule has 3 nitrogen and oxygen atoms in total. The lowest BCUT2D eigenvalue weighted by Gasteiger charge is -2.31. The minimum absolute atomic E-state index is 0.0706. The van der Waals surface area contributed by atoms with Crippen molar-refractivity contribution in [3.8, 4) is 5.75 Å². The van der Waals surface area contributed by atoms with Crippen LogP contribution in [0.15, 0.2) is 6.07 Å². The monoisotopic (exact) mass is 280 g/mol. The number of hydrogen-bond acceptors (Lipinski definition) is 3. The van der Waals surface area contributed by atoms with Crippen LogP contribution in [0.3, 0.4) is 0 Å². The third-order valence-corrected chi connectivity index (χ3v) is 3.80. The number of piperazine rings is 1. The van der Waals surface area contributed by atoms with Crippen LogP contribution >= 0.6 is 34.8 Å². The predicted molar refractivity (Wildman–Crippen MR) is 68.2 cm³/mol. The molecule has 0 amide bonds. The van der Waals surface area contributed by atoms with Crippen molar-refractivity contribution >= 4 is 40.5 Å². The summed E-state index contributed by atoms with van der Waals surface area (Å²) < 4.78 is 0. The van der Waals surface area contributed by atoms with Gasteiger partial charge in [-0.05, 0) is 0 Å². The average molecular weight is 282 g/mol. The van der Waals surface area contributed by atoms with Crippen molar-refractivity contribution in [2.24, 2.45) is 0 Å². The molecule has 0 spiro atoms. The Labute approximate surface area is 109 Å². The van der Waals surface area contributed by atoms with Crippen molar-refractivity contribution in [1.82, 2.24) is 5.32 Å². The fourth-order valence-electron chi connectivity index (χ4n) is 1.76. The largest absolute Gasteiger partial charge is 0.506 e. The minimum Gasteiger partial charge on any atom is -0.506 e. The number of phenols is 1. The molecule has 88 valence electrons. The van der Waals surface area contributed by atoms with Crippen LogP contribution in [0.5, 0.6) is 5.75 Å². The van der Waals surface area contributed by atoms with E-state index >= 15 is 0 Å². The number of benzene rings is 1. The molecule has 0 aromatic heterocycles. The van der Waals surface area contributed by atoms with Gasteiger partial charge in [-0.15, -0.1) is 0 Å². The lowest BCUT2D eigenvalue weighted by Crippen LogP contribution is -2.43. The zero-order valence-corrected chi connectivity index (χ0v) is 10.7. The molecule has 1 aliphatic heterocycles. The molecule has 2 rings (SSSR count). The normalized spacial score (nSPS) is 16.6. The molecular formula is C10H11Cl3N2O. The van der Waals surface area contributed by atoms with E-state index in [-0.39, 0.29) is 15.8 Å². The van der Waals surface area contributed by atoms with Gasteiger partial charge in [0.15, 0.2) is 0 Å². The summed E-state index contributed by atoms with van der Waals surface area (Å²) in [5.74, 6) is 0.0706. The standard InChI is InChI=1S/C10H11Cl3N2O/c11-6-5-7(16)10(9(13)8(6)12)15-3-1-14-2-4-15/h5,14,16H,1-4H2. The number of nitrogens with one attached hydrogen (secondary N) is 1. The summed E-state index contributed by atoms with van der Waals surface area (Å²) >= 11 is 17.9. The van der Waals surface area contributed by atoms with Gasteiger partial charge in [-0.1, -0.05) is 34.8 Å². The third-order valence-electron chi connectivity index (χ3n) is 2.55. The smallest absolute Gasteiger partial charge is 0.142 e. The van der Waals surface area contributed by atoms with Crippen molar-refractivity contribution in [1.29, 1.82) is 0 Å². The van der Waals surface area contributed by atoms with Crippen LogP contribution in [0.25, 0.3) is 0 Å². The van der Waals surface area contributed by atoms with E-state index in [1.165, 1.54) is 6.07 Å². The highest BCUT2D eigenvalue weighted by Gasteiger charge is 2.21. The first kappa shape index (κ1) is 12.1. The van der Waals surface area contributed by atoms with Crippen LogP contribution in [0, 0.1) is 0 Å². The van der Waals surface area contributed by atoms with Gasteiger partial charge >= 0.3 is 0 Å². The Morgan fingerprint density at radius 1 is 1.12 bits per heavy atom. The Morgan fingerprint density at radius 3 is 2.38 bits per heavy atom. The van der Waals surface area contributed by atoms with Gasteiger partial charge in [-0.3, -0.25) is 0 Å². The van der Waals surface area contributed by atoms with Crippen molar-refractivity contribution < 1.29 is 5.11 Å². The number of phenolic OH excluding ortho intramolecular Hbond substituents is 1. The highest BCUT2D eigenvalue weighted by molar-refractivity contribution is 6.49. The molecule has 0 bridgehead atoms. The van der Waals surface area contributed by atoms with Crippen LogP contribution in [0.4, 0.5) is 5.69 Å². The molecule has 1 aliphatic rings. The molecule has 1 aromatic carbocycles. The molecule has 1 fully saturated rings. The number of anilines is 1. The topological polar surface area (TPSA) is 35.5 Å². The molecular weight excluding hydrogens is 270 g/mol. The van der Waals surface area contributed by atoms with Gasteiger partial charge in [0.2, 0.25) is 0 Å². The quantitative estimate of drug-likeness (QED) is 0.777. The Balaban J connectivity index is 2.42. The second kappa shape index (κ2) is 4.88. The molecule has 0 aliphatic carbocycles. The first-order valence-corrected chi connectivity index (χ1v) is 6.06. The summed E-state index contributed by atoms with van der Waals surface area (Å²) in [5.41, 5.74) is 0.567. The van der Waals surface area contributed by atoms with Gasteiger partial charge in [0.1, 0.15) is 5.75 Å². The van der Waals surface area contributed by atoms with Crippen LogP contribution in [-0.2, 0) is 0 Å².